The maximum Gasteiger partial charge on any atom is 0.268 e. The topological polar surface area (TPSA) is 40.6 Å². The summed E-state index contributed by atoms with van der Waals surface area (Å²) in [5, 5.41) is 0.578. The predicted molar refractivity (Wildman–Crippen MR) is 110 cm³/mol. The molecule has 4 nitrogen and oxygen atoms in total. The smallest absolute Gasteiger partial charge is 0.268 e. The molecule has 1 saturated heterocycles. The highest BCUT2D eigenvalue weighted by molar-refractivity contribution is 8.01. The minimum absolute atomic E-state index is 0.00328. The van der Waals surface area contributed by atoms with E-state index >= 15 is 0 Å². The summed E-state index contributed by atoms with van der Waals surface area (Å²) >= 11 is 7.81. The fourth-order valence-corrected chi connectivity index (χ4v) is 5.51. The van der Waals surface area contributed by atoms with Gasteiger partial charge in [-0.25, -0.2) is 0 Å². The summed E-state index contributed by atoms with van der Waals surface area (Å²) in [4.78, 5) is 28.8. The summed E-state index contributed by atoms with van der Waals surface area (Å²) in [5.74, 6) is 0.683. The summed E-state index contributed by atoms with van der Waals surface area (Å²) < 4.78 is 0. The number of rotatable bonds is 3. The Morgan fingerprint density at radius 2 is 1.96 bits per heavy atom. The van der Waals surface area contributed by atoms with Crippen LogP contribution in [0.15, 0.2) is 42.5 Å². The van der Waals surface area contributed by atoms with Crippen LogP contribution in [-0.2, 0) is 21.0 Å². The minimum atomic E-state index is -0.988. The van der Waals surface area contributed by atoms with Gasteiger partial charge in [-0.05, 0) is 30.7 Å². The minimum Gasteiger partial charge on any atom is -0.315 e. The van der Waals surface area contributed by atoms with Crippen LogP contribution in [0.2, 0.25) is 5.02 Å². The second-order valence-corrected chi connectivity index (χ2v) is 8.65. The predicted octanol–water partition coefficient (Wildman–Crippen LogP) is 4.33. The SMILES string of the molecule is CCC(=O)N1CCSC12C(=O)N(Cc1ccc(C)cc1)c1ccc(Cl)cc12. The van der Waals surface area contributed by atoms with Gasteiger partial charge < -0.3 is 9.80 Å². The highest BCUT2D eigenvalue weighted by Gasteiger charge is 2.59. The first-order valence-electron chi connectivity index (χ1n) is 9.09. The Morgan fingerprint density at radius 1 is 1.22 bits per heavy atom. The van der Waals surface area contributed by atoms with E-state index < -0.39 is 4.87 Å². The summed E-state index contributed by atoms with van der Waals surface area (Å²) in [6.45, 7) is 4.93. The van der Waals surface area contributed by atoms with Gasteiger partial charge in [-0.2, -0.15) is 0 Å². The number of carbonyl (C=O) groups is 2. The van der Waals surface area contributed by atoms with Crippen molar-refractivity contribution in [1.82, 2.24) is 4.90 Å². The van der Waals surface area contributed by atoms with Crippen LogP contribution in [0.5, 0.6) is 0 Å². The molecule has 0 bridgehead atoms. The van der Waals surface area contributed by atoms with E-state index in [0.717, 1.165) is 22.6 Å². The van der Waals surface area contributed by atoms with Gasteiger partial charge in [0, 0.05) is 29.3 Å². The largest absolute Gasteiger partial charge is 0.315 e. The van der Waals surface area contributed by atoms with Crippen molar-refractivity contribution in [3.8, 4) is 0 Å². The molecule has 6 heteroatoms. The summed E-state index contributed by atoms with van der Waals surface area (Å²) in [6, 6.07) is 13.7. The number of nitrogens with zero attached hydrogens (tertiary/aromatic N) is 2. The third-order valence-corrected chi connectivity index (χ3v) is 6.87. The molecule has 140 valence electrons. The number of benzene rings is 2. The molecule has 1 atom stereocenters. The lowest BCUT2D eigenvalue weighted by molar-refractivity contribution is -0.139. The number of hydrogen-bond acceptors (Lipinski definition) is 3. The molecule has 27 heavy (non-hydrogen) atoms. The van der Waals surface area contributed by atoms with Crippen LogP contribution >= 0.6 is 23.4 Å². The summed E-state index contributed by atoms with van der Waals surface area (Å²) in [6.07, 6.45) is 0.378. The first-order chi connectivity index (χ1) is 13.0. The monoisotopic (exact) mass is 400 g/mol. The Kier molecular flexibility index (Phi) is 4.68. The number of hydrogen-bond donors (Lipinski definition) is 0. The molecule has 2 heterocycles. The van der Waals surface area contributed by atoms with Gasteiger partial charge in [0.15, 0.2) is 4.87 Å². The molecule has 2 aliphatic rings. The molecule has 2 aromatic rings. The number of thioether (sulfide) groups is 1. The Balaban J connectivity index is 1.81. The maximum atomic E-state index is 13.7. The van der Waals surface area contributed by atoms with Gasteiger partial charge in [0.1, 0.15) is 0 Å². The molecule has 4 rings (SSSR count). The second kappa shape index (κ2) is 6.88. The van der Waals surface area contributed by atoms with Crippen molar-refractivity contribution in [3.63, 3.8) is 0 Å². The standard InChI is InChI=1S/C21H21ClN2O2S/c1-3-19(25)24-10-11-27-21(24)17-12-16(22)8-9-18(17)23(20(21)26)13-15-6-4-14(2)5-7-15/h4-9,12H,3,10-11,13H2,1-2H3. The number of anilines is 1. The lowest BCUT2D eigenvalue weighted by Crippen LogP contribution is -2.50. The highest BCUT2D eigenvalue weighted by Crippen LogP contribution is 2.55. The Labute approximate surface area is 168 Å². The molecule has 0 N–H and O–H groups in total. The van der Waals surface area contributed by atoms with E-state index in [-0.39, 0.29) is 11.8 Å². The molecule has 1 spiro atoms. The van der Waals surface area contributed by atoms with Gasteiger partial charge in [0.2, 0.25) is 5.91 Å². The first-order valence-corrected chi connectivity index (χ1v) is 10.5. The average molecular weight is 401 g/mol. The van der Waals surface area contributed by atoms with E-state index in [1.54, 1.807) is 15.9 Å². The third-order valence-electron chi connectivity index (χ3n) is 5.22. The van der Waals surface area contributed by atoms with E-state index in [2.05, 4.69) is 0 Å². The van der Waals surface area contributed by atoms with Gasteiger partial charge in [0.05, 0.1) is 12.2 Å². The lowest BCUT2D eigenvalue weighted by Gasteiger charge is -2.33. The Bertz CT molecular complexity index is 915. The lowest BCUT2D eigenvalue weighted by atomic mass is 10.1. The third kappa shape index (κ3) is 2.84. The molecule has 0 saturated carbocycles. The number of amides is 2. The fraction of sp³-hybridized carbons (Fsp3) is 0.333. The van der Waals surface area contributed by atoms with Crippen LogP contribution in [0.4, 0.5) is 5.69 Å². The highest BCUT2D eigenvalue weighted by atomic mass is 35.5. The van der Waals surface area contributed by atoms with E-state index in [4.69, 9.17) is 11.6 Å². The molecule has 1 fully saturated rings. The molecule has 0 aromatic heterocycles. The van der Waals surface area contributed by atoms with Gasteiger partial charge in [-0.1, -0.05) is 48.4 Å². The zero-order chi connectivity index (χ0) is 19.2. The molecule has 0 radical (unpaired) electrons. The Morgan fingerprint density at radius 3 is 2.67 bits per heavy atom. The van der Waals surface area contributed by atoms with Gasteiger partial charge in [-0.15, -0.1) is 11.8 Å². The van der Waals surface area contributed by atoms with Crippen molar-refractivity contribution in [2.45, 2.75) is 31.7 Å². The summed E-state index contributed by atoms with van der Waals surface area (Å²) in [7, 11) is 0. The van der Waals surface area contributed by atoms with Crippen molar-refractivity contribution in [2.75, 3.05) is 17.2 Å². The van der Waals surface area contributed by atoms with Crippen molar-refractivity contribution in [2.24, 2.45) is 0 Å². The van der Waals surface area contributed by atoms with Crippen molar-refractivity contribution in [1.29, 1.82) is 0 Å². The van der Waals surface area contributed by atoms with Crippen LogP contribution in [0.1, 0.15) is 30.0 Å². The number of aryl methyl sites for hydroxylation is 1. The van der Waals surface area contributed by atoms with E-state index in [1.807, 2.05) is 50.2 Å². The molecule has 2 aliphatic heterocycles. The Hall–Kier alpha value is -1.98. The zero-order valence-electron chi connectivity index (χ0n) is 15.4. The normalized spacial score (nSPS) is 21.2. The number of carbonyl (C=O) groups excluding carboxylic acids is 2. The van der Waals surface area contributed by atoms with E-state index in [0.29, 0.717) is 24.5 Å². The molecular weight excluding hydrogens is 380 g/mol. The quantitative estimate of drug-likeness (QED) is 0.769. The molecular formula is C21H21ClN2O2S. The zero-order valence-corrected chi connectivity index (χ0v) is 16.9. The van der Waals surface area contributed by atoms with Crippen molar-refractivity contribution in [3.05, 3.63) is 64.2 Å². The maximum absolute atomic E-state index is 13.7. The van der Waals surface area contributed by atoms with Crippen molar-refractivity contribution < 1.29 is 9.59 Å². The molecule has 0 aliphatic carbocycles. The molecule has 1 unspecified atom stereocenters. The fourth-order valence-electron chi connectivity index (χ4n) is 3.87. The average Bonchev–Trinajstić information content (AvgIpc) is 3.20. The van der Waals surface area contributed by atoms with Crippen LogP contribution in [-0.4, -0.2) is 29.0 Å². The van der Waals surface area contributed by atoms with Gasteiger partial charge >= 0.3 is 0 Å². The number of halogens is 1. The van der Waals surface area contributed by atoms with Gasteiger partial charge in [-0.3, -0.25) is 9.59 Å². The summed E-state index contributed by atoms with van der Waals surface area (Å²) in [5.41, 5.74) is 3.91. The van der Waals surface area contributed by atoms with Crippen LogP contribution < -0.4 is 4.90 Å². The van der Waals surface area contributed by atoms with E-state index in [1.165, 1.54) is 17.3 Å². The molecule has 2 aromatic carbocycles. The van der Waals surface area contributed by atoms with Crippen LogP contribution in [0.25, 0.3) is 0 Å². The first kappa shape index (κ1) is 18.4. The van der Waals surface area contributed by atoms with E-state index in [9.17, 15) is 9.59 Å². The van der Waals surface area contributed by atoms with Crippen molar-refractivity contribution >= 4 is 40.9 Å². The van der Waals surface area contributed by atoms with Crippen LogP contribution in [0, 0.1) is 6.92 Å². The van der Waals surface area contributed by atoms with Crippen LogP contribution in [0.3, 0.4) is 0 Å². The molecule has 2 amide bonds. The number of fused-ring (bicyclic) bond motifs is 2. The van der Waals surface area contributed by atoms with Gasteiger partial charge in [0.25, 0.3) is 5.91 Å². The second-order valence-electron chi connectivity index (χ2n) is 6.93.